The molecule has 0 fully saturated rings. The van der Waals surface area contributed by atoms with Crippen LogP contribution in [0.5, 0.6) is 0 Å². The van der Waals surface area contributed by atoms with Crippen molar-refractivity contribution >= 4 is 28.9 Å². The van der Waals surface area contributed by atoms with Crippen molar-refractivity contribution < 1.29 is 9.53 Å². The summed E-state index contributed by atoms with van der Waals surface area (Å²) in [6, 6.07) is 4.73. The number of carbonyl (C=O) groups excluding carboxylic acids is 1. The number of nitrogens with one attached hydrogen (secondary N) is 1. The molecular formula is C12H17ClN2O2. The summed E-state index contributed by atoms with van der Waals surface area (Å²) in [6.45, 7) is 3.84. The highest BCUT2D eigenvalue weighted by Gasteiger charge is 2.24. The molecule has 0 saturated heterocycles. The van der Waals surface area contributed by atoms with Crippen LogP contribution in [0.2, 0.25) is 5.02 Å². The second kappa shape index (κ2) is 5.77. The van der Waals surface area contributed by atoms with E-state index in [1.165, 1.54) is 7.11 Å². The maximum atomic E-state index is 11.6. The molecule has 1 aromatic carbocycles. The molecule has 3 N–H and O–H groups in total. The van der Waals surface area contributed by atoms with E-state index >= 15 is 0 Å². The van der Waals surface area contributed by atoms with E-state index in [0.29, 0.717) is 16.4 Å². The number of para-hydroxylation sites is 1. The molecule has 1 unspecified atom stereocenters. The maximum Gasteiger partial charge on any atom is 0.328 e. The number of halogens is 1. The SMILES string of the molecule is COC(=O)C(Nc1c(N)cccc1Cl)C(C)C. The molecule has 1 aromatic rings. The number of rotatable bonds is 4. The zero-order valence-electron chi connectivity index (χ0n) is 10.2. The van der Waals surface area contributed by atoms with Gasteiger partial charge >= 0.3 is 5.97 Å². The maximum absolute atomic E-state index is 11.6. The number of nitrogen functional groups attached to an aromatic ring is 1. The quantitative estimate of drug-likeness (QED) is 0.642. The first kappa shape index (κ1) is 13.6. The van der Waals surface area contributed by atoms with Crippen molar-refractivity contribution in [3.8, 4) is 0 Å². The number of carbonyl (C=O) groups is 1. The van der Waals surface area contributed by atoms with Crippen molar-refractivity contribution in [3.63, 3.8) is 0 Å². The van der Waals surface area contributed by atoms with Gasteiger partial charge in [-0.25, -0.2) is 4.79 Å². The summed E-state index contributed by atoms with van der Waals surface area (Å²) in [5.74, 6) is -0.266. The van der Waals surface area contributed by atoms with Crippen LogP contribution in [-0.2, 0) is 9.53 Å². The summed E-state index contributed by atoms with van der Waals surface area (Å²) in [4.78, 5) is 11.6. The Bertz CT molecular complexity index is 387. The normalized spacial score (nSPS) is 12.3. The van der Waals surface area contributed by atoms with E-state index in [2.05, 4.69) is 5.32 Å². The molecule has 94 valence electrons. The van der Waals surface area contributed by atoms with E-state index in [4.69, 9.17) is 22.1 Å². The summed E-state index contributed by atoms with van der Waals surface area (Å²) in [7, 11) is 1.36. The van der Waals surface area contributed by atoms with Crippen LogP contribution < -0.4 is 11.1 Å². The minimum Gasteiger partial charge on any atom is -0.467 e. The van der Waals surface area contributed by atoms with Gasteiger partial charge < -0.3 is 15.8 Å². The van der Waals surface area contributed by atoms with Gasteiger partial charge in [0.15, 0.2) is 0 Å². The minimum atomic E-state index is -0.470. The zero-order valence-corrected chi connectivity index (χ0v) is 10.9. The lowest BCUT2D eigenvalue weighted by Gasteiger charge is -2.22. The molecule has 0 spiro atoms. The zero-order chi connectivity index (χ0) is 13.0. The highest BCUT2D eigenvalue weighted by Crippen LogP contribution is 2.29. The number of benzene rings is 1. The molecule has 0 aromatic heterocycles. The molecule has 1 atom stereocenters. The standard InChI is InChI=1S/C12H17ClN2O2/c1-7(2)10(12(16)17-3)15-11-8(13)5-4-6-9(11)14/h4-7,10,15H,14H2,1-3H3. The lowest BCUT2D eigenvalue weighted by Crippen LogP contribution is -2.35. The molecule has 0 aliphatic heterocycles. The first-order chi connectivity index (χ1) is 7.97. The Kier molecular flexibility index (Phi) is 4.63. The van der Waals surface area contributed by atoms with Gasteiger partial charge in [0.25, 0.3) is 0 Å². The van der Waals surface area contributed by atoms with Crippen LogP contribution in [0.15, 0.2) is 18.2 Å². The Labute approximate surface area is 106 Å². The number of methoxy groups -OCH3 is 1. The first-order valence-corrected chi connectivity index (χ1v) is 5.73. The molecular weight excluding hydrogens is 240 g/mol. The van der Waals surface area contributed by atoms with Gasteiger partial charge in [-0.05, 0) is 18.1 Å². The second-order valence-electron chi connectivity index (χ2n) is 4.09. The Balaban J connectivity index is 2.98. The molecule has 0 heterocycles. The fourth-order valence-corrected chi connectivity index (χ4v) is 1.71. The Morgan fingerprint density at radius 2 is 2.12 bits per heavy atom. The number of nitrogens with two attached hydrogens (primary N) is 1. The van der Waals surface area contributed by atoms with Gasteiger partial charge in [0, 0.05) is 0 Å². The second-order valence-corrected chi connectivity index (χ2v) is 4.50. The molecule has 1 rings (SSSR count). The van der Waals surface area contributed by atoms with Gasteiger partial charge in [-0.3, -0.25) is 0 Å². The average Bonchev–Trinajstić information content (AvgIpc) is 2.27. The van der Waals surface area contributed by atoms with Crippen LogP contribution in [0.3, 0.4) is 0 Å². The van der Waals surface area contributed by atoms with Gasteiger partial charge in [-0.15, -0.1) is 0 Å². The average molecular weight is 257 g/mol. The fourth-order valence-electron chi connectivity index (χ4n) is 1.47. The predicted molar refractivity (Wildman–Crippen MR) is 70.1 cm³/mol. The topological polar surface area (TPSA) is 64.3 Å². The highest BCUT2D eigenvalue weighted by atomic mass is 35.5. The van der Waals surface area contributed by atoms with Gasteiger partial charge in [0.2, 0.25) is 0 Å². The Hall–Kier alpha value is -1.42. The summed E-state index contributed by atoms with van der Waals surface area (Å²) in [5.41, 5.74) is 6.89. The summed E-state index contributed by atoms with van der Waals surface area (Å²) < 4.78 is 4.74. The van der Waals surface area contributed by atoms with Crippen molar-refractivity contribution in [2.45, 2.75) is 19.9 Å². The molecule has 17 heavy (non-hydrogen) atoms. The molecule has 0 radical (unpaired) electrons. The molecule has 0 bridgehead atoms. The van der Waals surface area contributed by atoms with Crippen LogP contribution in [0.1, 0.15) is 13.8 Å². The molecule has 0 saturated carbocycles. The van der Waals surface area contributed by atoms with Gasteiger partial charge in [-0.1, -0.05) is 31.5 Å². The first-order valence-electron chi connectivity index (χ1n) is 5.35. The van der Waals surface area contributed by atoms with Gasteiger partial charge in [-0.2, -0.15) is 0 Å². The Morgan fingerprint density at radius 3 is 2.59 bits per heavy atom. The van der Waals surface area contributed by atoms with E-state index in [0.717, 1.165) is 0 Å². The highest BCUT2D eigenvalue weighted by molar-refractivity contribution is 6.34. The largest absolute Gasteiger partial charge is 0.467 e. The van der Waals surface area contributed by atoms with Crippen LogP contribution in [0.4, 0.5) is 11.4 Å². The van der Waals surface area contributed by atoms with Crippen molar-refractivity contribution in [2.75, 3.05) is 18.2 Å². The Morgan fingerprint density at radius 1 is 1.47 bits per heavy atom. The van der Waals surface area contributed by atoms with Crippen molar-refractivity contribution in [1.29, 1.82) is 0 Å². The van der Waals surface area contributed by atoms with Crippen molar-refractivity contribution in [3.05, 3.63) is 23.2 Å². The minimum absolute atomic E-state index is 0.0677. The van der Waals surface area contributed by atoms with Gasteiger partial charge in [0.05, 0.1) is 23.5 Å². The summed E-state index contributed by atoms with van der Waals surface area (Å²) >= 11 is 6.03. The number of hydrogen-bond donors (Lipinski definition) is 2. The third-order valence-electron chi connectivity index (χ3n) is 2.47. The van der Waals surface area contributed by atoms with E-state index < -0.39 is 6.04 Å². The number of esters is 1. The van der Waals surface area contributed by atoms with E-state index in [1.54, 1.807) is 18.2 Å². The molecule has 4 nitrogen and oxygen atoms in total. The molecule has 5 heteroatoms. The van der Waals surface area contributed by atoms with E-state index in [9.17, 15) is 4.79 Å². The predicted octanol–water partition coefficient (Wildman–Crippen LogP) is 2.53. The molecule has 0 aliphatic rings. The van der Waals surface area contributed by atoms with Crippen LogP contribution in [-0.4, -0.2) is 19.1 Å². The molecule has 0 aliphatic carbocycles. The van der Waals surface area contributed by atoms with Crippen LogP contribution >= 0.6 is 11.6 Å². The van der Waals surface area contributed by atoms with E-state index in [1.807, 2.05) is 13.8 Å². The smallest absolute Gasteiger partial charge is 0.328 e. The van der Waals surface area contributed by atoms with Crippen molar-refractivity contribution in [1.82, 2.24) is 0 Å². The van der Waals surface area contributed by atoms with Crippen molar-refractivity contribution in [2.24, 2.45) is 5.92 Å². The van der Waals surface area contributed by atoms with Crippen LogP contribution in [0.25, 0.3) is 0 Å². The number of hydrogen-bond acceptors (Lipinski definition) is 4. The van der Waals surface area contributed by atoms with Crippen LogP contribution in [0, 0.1) is 5.92 Å². The molecule has 0 amide bonds. The monoisotopic (exact) mass is 256 g/mol. The summed E-state index contributed by atoms with van der Waals surface area (Å²) in [5, 5.41) is 3.52. The summed E-state index contributed by atoms with van der Waals surface area (Å²) in [6.07, 6.45) is 0. The van der Waals surface area contributed by atoms with E-state index in [-0.39, 0.29) is 11.9 Å². The lowest BCUT2D eigenvalue weighted by molar-refractivity contribution is -0.142. The lowest BCUT2D eigenvalue weighted by atomic mass is 10.0. The third-order valence-corrected chi connectivity index (χ3v) is 2.78. The fraction of sp³-hybridized carbons (Fsp3) is 0.417. The third kappa shape index (κ3) is 3.27. The number of ether oxygens (including phenoxy) is 1. The number of anilines is 2. The van der Waals surface area contributed by atoms with Gasteiger partial charge in [0.1, 0.15) is 6.04 Å².